The summed E-state index contributed by atoms with van der Waals surface area (Å²) in [4.78, 5) is 4.57. The predicted octanol–water partition coefficient (Wildman–Crippen LogP) is 9.14. The number of piperidine rings is 3. The SMILES string of the molecule is CC[C@H]1C[N@+]2(Cc3ccccc3)CC[C@H]1C[C@H]2[C@@H](NC(=S)Nc1cc(C(F)(F)F)cc(C(F)(F)F)c1)c1ccnc2ccc(OC)cc12. The van der Waals surface area contributed by atoms with Gasteiger partial charge in [0, 0.05) is 41.6 Å². The highest BCUT2D eigenvalue weighted by molar-refractivity contribution is 7.80. The molecule has 0 radical (unpaired) electrons. The van der Waals surface area contributed by atoms with E-state index in [0.29, 0.717) is 29.7 Å². The molecule has 12 heteroatoms. The lowest BCUT2D eigenvalue weighted by Crippen LogP contribution is -2.69. The molecule has 3 aliphatic rings. The molecular weight excluding hydrogens is 650 g/mol. The second-order valence-electron chi connectivity index (χ2n) is 12.9. The molecule has 1 aromatic heterocycles. The number of ether oxygens (including phenoxy) is 1. The van der Waals surface area contributed by atoms with Gasteiger partial charge >= 0.3 is 12.4 Å². The van der Waals surface area contributed by atoms with Crippen molar-refractivity contribution < 1.29 is 35.6 Å². The number of hydrogen-bond donors (Lipinski definition) is 2. The topological polar surface area (TPSA) is 46.2 Å². The van der Waals surface area contributed by atoms with Crippen molar-refractivity contribution in [3.8, 4) is 5.75 Å². The van der Waals surface area contributed by atoms with Crippen LogP contribution in [-0.2, 0) is 18.9 Å². The fraction of sp³-hybridized carbons (Fsp3) is 0.389. The van der Waals surface area contributed by atoms with Crippen molar-refractivity contribution in [3.05, 3.63) is 101 Å². The highest BCUT2D eigenvalue weighted by Crippen LogP contribution is 2.49. The van der Waals surface area contributed by atoms with Crippen molar-refractivity contribution in [2.24, 2.45) is 11.8 Å². The number of thiocarbonyl (C=S) groups is 1. The molecule has 4 heterocycles. The second kappa shape index (κ2) is 13.2. The van der Waals surface area contributed by atoms with Crippen LogP contribution in [0.2, 0.25) is 0 Å². The van der Waals surface area contributed by atoms with Crippen LogP contribution < -0.4 is 15.4 Å². The van der Waals surface area contributed by atoms with E-state index in [4.69, 9.17) is 17.0 Å². The highest BCUT2D eigenvalue weighted by atomic mass is 32.1. The lowest BCUT2D eigenvalue weighted by molar-refractivity contribution is -0.983. The van der Waals surface area contributed by atoms with E-state index >= 15 is 0 Å². The first-order valence-corrected chi connectivity index (χ1v) is 16.4. The summed E-state index contributed by atoms with van der Waals surface area (Å²) in [5, 5.41) is 6.82. The summed E-state index contributed by atoms with van der Waals surface area (Å²) in [6.07, 6.45) is -5.25. The second-order valence-corrected chi connectivity index (χ2v) is 13.4. The van der Waals surface area contributed by atoms with E-state index in [1.54, 1.807) is 13.3 Å². The van der Waals surface area contributed by atoms with E-state index < -0.39 is 35.2 Å². The van der Waals surface area contributed by atoms with Gasteiger partial charge in [0.1, 0.15) is 24.4 Å². The Kier molecular flexibility index (Phi) is 9.34. The maximum Gasteiger partial charge on any atom is 0.416 e. The van der Waals surface area contributed by atoms with Crippen LogP contribution >= 0.6 is 12.2 Å². The Morgan fingerprint density at radius 1 is 0.979 bits per heavy atom. The fourth-order valence-corrected chi connectivity index (χ4v) is 8.14. The Hall–Kier alpha value is -3.90. The first-order chi connectivity index (χ1) is 22.8. The zero-order chi connectivity index (χ0) is 34.3. The van der Waals surface area contributed by atoms with Gasteiger partial charge in [0.15, 0.2) is 5.11 Å². The lowest BCUT2D eigenvalue weighted by atomic mass is 9.69. The molecule has 5 nitrogen and oxygen atoms in total. The molecule has 0 saturated carbocycles. The molecule has 4 aromatic rings. The highest BCUT2D eigenvalue weighted by Gasteiger charge is 2.54. The standard InChI is InChI=1S/C36H36F6N4OS/c1-3-23-21-46(20-22-7-5-4-6-8-22)14-12-24(23)15-32(46)33(29-11-13-43-31-10-9-28(47-2)19-30(29)31)45-34(48)44-27-17-25(35(37,38)39)16-26(18-27)36(40,41)42/h4-11,13,16-19,23-24,32-33H,3,12,14-15,20-21H2,1-2H3,(H-,44,45,48)/p+1/t23-,24-,32-,33-,46+/m0/s1. The number of hydrogen-bond acceptors (Lipinski definition) is 3. The van der Waals surface area contributed by atoms with Crippen LogP contribution in [0.25, 0.3) is 10.9 Å². The summed E-state index contributed by atoms with van der Waals surface area (Å²) in [6.45, 7) is 4.90. The third-order valence-electron chi connectivity index (χ3n) is 10.2. The molecule has 3 aliphatic heterocycles. The summed E-state index contributed by atoms with van der Waals surface area (Å²) in [5.74, 6) is 1.64. The smallest absolute Gasteiger partial charge is 0.416 e. The Labute approximate surface area is 280 Å². The molecule has 0 aliphatic carbocycles. The first-order valence-electron chi connectivity index (χ1n) is 16.0. The van der Waals surface area contributed by atoms with Crippen molar-refractivity contribution in [1.82, 2.24) is 10.3 Å². The third kappa shape index (κ3) is 6.96. The van der Waals surface area contributed by atoms with Crippen molar-refractivity contribution in [1.29, 1.82) is 0 Å². The van der Waals surface area contributed by atoms with Crippen molar-refractivity contribution >= 4 is 33.9 Å². The Morgan fingerprint density at radius 2 is 1.69 bits per heavy atom. The van der Waals surface area contributed by atoms with Crippen LogP contribution in [0, 0.1) is 11.8 Å². The summed E-state index contributed by atoms with van der Waals surface area (Å²) < 4.78 is 88.3. The van der Waals surface area contributed by atoms with Crippen LogP contribution in [0.4, 0.5) is 32.0 Å². The van der Waals surface area contributed by atoms with Crippen molar-refractivity contribution in [2.75, 3.05) is 25.5 Å². The van der Waals surface area contributed by atoms with Gasteiger partial charge < -0.3 is 19.9 Å². The molecule has 0 amide bonds. The van der Waals surface area contributed by atoms with E-state index in [9.17, 15) is 26.3 Å². The fourth-order valence-electron chi connectivity index (χ4n) is 7.90. The summed E-state index contributed by atoms with van der Waals surface area (Å²) in [5.41, 5.74) is -0.440. The molecule has 48 heavy (non-hydrogen) atoms. The van der Waals surface area contributed by atoms with Crippen molar-refractivity contribution in [2.45, 2.75) is 57.2 Å². The summed E-state index contributed by atoms with van der Waals surface area (Å²) in [6, 6.07) is 18.7. The van der Waals surface area contributed by atoms with Gasteiger partial charge in [-0.1, -0.05) is 37.3 Å². The zero-order valence-electron chi connectivity index (χ0n) is 26.5. The quantitative estimate of drug-likeness (QED) is 0.110. The van der Waals surface area contributed by atoms with Gasteiger partial charge in [-0.2, -0.15) is 26.3 Å². The Morgan fingerprint density at radius 3 is 2.33 bits per heavy atom. The van der Waals surface area contributed by atoms with Gasteiger partial charge in [0.25, 0.3) is 0 Å². The molecule has 254 valence electrons. The number of anilines is 1. The molecular formula is C36H37F6N4OS+. The van der Waals surface area contributed by atoms with E-state index in [1.165, 1.54) is 5.56 Å². The minimum Gasteiger partial charge on any atom is -0.497 e. The summed E-state index contributed by atoms with van der Waals surface area (Å²) >= 11 is 5.69. The summed E-state index contributed by atoms with van der Waals surface area (Å²) in [7, 11) is 1.58. The Balaban J connectivity index is 1.44. The number of fused-ring (bicyclic) bond motifs is 4. The van der Waals surface area contributed by atoms with E-state index in [-0.39, 0.29) is 17.2 Å². The number of halogens is 6. The number of alkyl halides is 6. The molecule has 3 saturated heterocycles. The molecule has 7 rings (SSSR count). The molecule has 3 aromatic carbocycles. The van der Waals surface area contributed by atoms with E-state index in [1.807, 2.05) is 42.5 Å². The van der Waals surface area contributed by atoms with E-state index in [2.05, 4.69) is 34.7 Å². The average molecular weight is 688 g/mol. The minimum atomic E-state index is -4.98. The first kappa shape index (κ1) is 34.0. The molecule has 0 spiro atoms. The molecule has 2 bridgehead atoms. The molecule has 0 unspecified atom stereocenters. The van der Waals surface area contributed by atoms with Gasteiger partial charge in [-0.05, 0) is 72.6 Å². The van der Waals surface area contributed by atoms with Crippen LogP contribution in [0.5, 0.6) is 5.75 Å². The molecule has 2 N–H and O–H groups in total. The number of rotatable bonds is 8. The third-order valence-corrected chi connectivity index (χ3v) is 10.4. The van der Waals surface area contributed by atoms with Gasteiger partial charge in [0.2, 0.25) is 0 Å². The van der Waals surface area contributed by atoms with Gasteiger partial charge in [-0.3, -0.25) is 4.98 Å². The van der Waals surface area contributed by atoms with Crippen LogP contribution in [0.1, 0.15) is 54.5 Å². The van der Waals surface area contributed by atoms with E-state index in [0.717, 1.165) is 59.8 Å². The van der Waals surface area contributed by atoms with Gasteiger partial charge in [-0.15, -0.1) is 0 Å². The molecule has 3 fully saturated rings. The minimum absolute atomic E-state index is 0.0180. The predicted molar refractivity (Wildman–Crippen MR) is 177 cm³/mol. The van der Waals surface area contributed by atoms with Crippen LogP contribution in [-0.4, -0.2) is 40.8 Å². The van der Waals surface area contributed by atoms with Gasteiger partial charge in [-0.25, -0.2) is 0 Å². The lowest BCUT2D eigenvalue weighted by Gasteiger charge is -2.59. The maximum atomic E-state index is 13.7. The number of aromatic nitrogens is 1. The maximum absolute atomic E-state index is 13.7. The number of pyridine rings is 1. The molecule has 5 atom stereocenters. The number of nitrogens with zero attached hydrogens (tertiary/aromatic N) is 2. The number of methoxy groups -OCH3 is 1. The van der Waals surface area contributed by atoms with Gasteiger partial charge in [0.05, 0.1) is 36.8 Å². The normalized spacial score (nSPS) is 23.1. The average Bonchev–Trinajstić information content (AvgIpc) is 3.06. The largest absolute Gasteiger partial charge is 0.497 e. The zero-order valence-corrected chi connectivity index (χ0v) is 27.4. The van der Waals surface area contributed by atoms with Crippen LogP contribution in [0.3, 0.4) is 0 Å². The monoisotopic (exact) mass is 687 g/mol. The number of nitrogens with one attached hydrogen (secondary N) is 2. The number of benzene rings is 3. The van der Waals surface area contributed by atoms with Crippen LogP contribution in [0.15, 0.2) is 79.0 Å². The number of quaternary nitrogens is 1. The van der Waals surface area contributed by atoms with Crippen molar-refractivity contribution in [3.63, 3.8) is 0 Å². The Bertz CT molecular complexity index is 1750.